The van der Waals surface area contributed by atoms with E-state index in [1.54, 1.807) is 0 Å². The maximum atomic E-state index is 14.3. The molecular weight excluding hydrogens is 264 g/mol. The van der Waals surface area contributed by atoms with Crippen molar-refractivity contribution in [3.8, 4) is 5.75 Å². The van der Waals surface area contributed by atoms with E-state index in [0.29, 0.717) is 13.2 Å². The fourth-order valence-corrected chi connectivity index (χ4v) is 2.81. The molecule has 1 heterocycles. The van der Waals surface area contributed by atoms with E-state index < -0.39 is 23.3 Å². The summed E-state index contributed by atoms with van der Waals surface area (Å²) in [6.07, 6.45) is 1.67. The first-order chi connectivity index (χ1) is 9.51. The Morgan fingerprint density at radius 2 is 2.05 bits per heavy atom. The van der Waals surface area contributed by atoms with Gasteiger partial charge in [-0.3, -0.25) is 0 Å². The van der Waals surface area contributed by atoms with Crippen LogP contribution in [0, 0.1) is 11.6 Å². The van der Waals surface area contributed by atoms with E-state index in [-0.39, 0.29) is 11.3 Å². The molecule has 1 aliphatic heterocycles. The van der Waals surface area contributed by atoms with Crippen LogP contribution in [0.5, 0.6) is 5.75 Å². The van der Waals surface area contributed by atoms with Crippen molar-refractivity contribution in [3.05, 3.63) is 29.3 Å². The molecule has 1 aromatic rings. The highest BCUT2D eigenvalue weighted by Gasteiger charge is 2.41. The Balaban J connectivity index is 2.44. The van der Waals surface area contributed by atoms with Gasteiger partial charge in [0.1, 0.15) is 17.4 Å². The van der Waals surface area contributed by atoms with E-state index in [2.05, 4.69) is 5.32 Å². The molecule has 0 amide bonds. The fourth-order valence-electron chi connectivity index (χ4n) is 2.81. The lowest BCUT2D eigenvalue weighted by Crippen LogP contribution is -2.42. The Labute approximate surface area is 118 Å². The average Bonchev–Trinajstić information content (AvgIpc) is 2.84. The lowest BCUT2D eigenvalue weighted by Gasteiger charge is -2.34. The summed E-state index contributed by atoms with van der Waals surface area (Å²) in [6.45, 7) is 5.04. The molecule has 3 nitrogen and oxygen atoms in total. The van der Waals surface area contributed by atoms with Gasteiger partial charge in [0.25, 0.3) is 0 Å². The van der Waals surface area contributed by atoms with Crippen LogP contribution in [-0.4, -0.2) is 25.9 Å². The van der Waals surface area contributed by atoms with E-state index in [1.165, 1.54) is 19.2 Å². The number of halogens is 2. The Morgan fingerprint density at radius 1 is 1.40 bits per heavy atom. The Morgan fingerprint density at radius 3 is 2.50 bits per heavy atom. The first-order valence-corrected chi connectivity index (χ1v) is 6.92. The zero-order valence-electron chi connectivity index (χ0n) is 12.1. The van der Waals surface area contributed by atoms with Crippen molar-refractivity contribution in [2.24, 2.45) is 0 Å². The molecule has 2 unspecified atom stereocenters. The number of likely N-dealkylation sites (N-methyl/N-ethyl adjacent to an activating group) is 1. The lowest BCUT2D eigenvalue weighted by molar-refractivity contribution is -0.0140. The van der Waals surface area contributed by atoms with Crippen LogP contribution in [0.3, 0.4) is 0 Å². The molecule has 0 spiro atoms. The Hall–Kier alpha value is -1.20. The van der Waals surface area contributed by atoms with Crippen molar-refractivity contribution < 1.29 is 18.3 Å². The van der Waals surface area contributed by atoms with Crippen molar-refractivity contribution >= 4 is 0 Å². The Bertz CT molecular complexity index is 450. The van der Waals surface area contributed by atoms with E-state index in [0.717, 1.165) is 12.8 Å². The Kier molecular flexibility index (Phi) is 4.60. The van der Waals surface area contributed by atoms with Crippen molar-refractivity contribution in [2.75, 3.05) is 20.3 Å². The summed E-state index contributed by atoms with van der Waals surface area (Å²) in [7, 11) is 1.39. The topological polar surface area (TPSA) is 30.5 Å². The summed E-state index contributed by atoms with van der Waals surface area (Å²) in [5.41, 5.74) is -0.566. The van der Waals surface area contributed by atoms with Gasteiger partial charge in [0.15, 0.2) is 0 Å². The summed E-state index contributed by atoms with van der Waals surface area (Å²) < 4.78 is 39.2. The highest BCUT2D eigenvalue weighted by molar-refractivity contribution is 5.34. The quantitative estimate of drug-likeness (QED) is 0.901. The van der Waals surface area contributed by atoms with Crippen LogP contribution in [0.2, 0.25) is 0 Å². The molecule has 1 aromatic carbocycles. The van der Waals surface area contributed by atoms with Crippen LogP contribution in [-0.2, 0) is 4.74 Å². The van der Waals surface area contributed by atoms with Crippen molar-refractivity contribution in [3.63, 3.8) is 0 Å². The highest BCUT2D eigenvalue weighted by Crippen LogP contribution is 2.40. The van der Waals surface area contributed by atoms with Crippen LogP contribution < -0.4 is 10.1 Å². The predicted molar refractivity (Wildman–Crippen MR) is 72.9 cm³/mol. The highest BCUT2D eigenvalue weighted by atomic mass is 19.1. The number of benzene rings is 1. The second-order valence-corrected chi connectivity index (χ2v) is 5.26. The first-order valence-electron chi connectivity index (χ1n) is 6.92. The van der Waals surface area contributed by atoms with Crippen LogP contribution in [0.25, 0.3) is 0 Å². The minimum Gasteiger partial charge on any atom is -0.497 e. The van der Waals surface area contributed by atoms with Gasteiger partial charge in [-0.05, 0) is 26.3 Å². The van der Waals surface area contributed by atoms with Gasteiger partial charge >= 0.3 is 0 Å². The van der Waals surface area contributed by atoms with Crippen molar-refractivity contribution in [1.82, 2.24) is 5.32 Å². The van der Waals surface area contributed by atoms with Crippen LogP contribution >= 0.6 is 0 Å². The van der Waals surface area contributed by atoms with Crippen LogP contribution in [0.4, 0.5) is 8.78 Å². The van der Waals surface area contributed by atoms with E-state index >= 15 is 0 Å². The molecule has 2 atom stereocenters. The maximum absolute atomic E-state index is 14.3. The lowest BCUT2D eigenvalue weighted by atomic mass is 9.87. The second-order valence-electron chi connectivity index (χ2n) is 5.26. The van der Waals surface area contributed by atoms with E-state index in [9.17, 15) is 8.78 Å². The number of methoxy groups -OCH3 is 1. The summed E-state index contributed by atoms with van der Waals surface area (Å²) in [4.78, 5) is 0. The number of nitrogens with one attached hydrogen (secondary N) is 1. The molecule has 20 heavy (non-hydrogen) atoms. The molecule has 0 aliphatic carbocycles. The molecule has 0 saturated carbocycles. The third-order valence-electron chi connectivity index (χ3n) is 3.85. The minimum absolute atomic E-state index is 0.0250. The summed E-state index contributed by atoms with van der Waals surface area (Å²) in [5, 5.41) is 3.15. The van der Waals surface area contributed by atoms with Gasteiger partial charge < -0.3 is 14.8 Å². The van der Waals surface area contributed by atoms with Gasteiger partial charge in [0.05, 0.1) is 18.8 Å². The monoisotopic (exact) mass is 285 g/mol. The maximum Gasteiger partial charge on any atom is 0.134 e. The molecule has 5 heteroatoms. The third kappa shape index (κ3) is 2.79. The molecule has 0 bridgehead atoms. The van der Waals surface area contributed by atoms with Gasteiger partial charge in [0.2, 0.25) is 0 Å². The molecule has 1 aliphatic rings. The summed E-state index contributed by atoms with van der Waals surface area (Å²) in [6, 6.07) is 1.91. The fraction of sp³-hybridized carbons (Fsp3) is 0.600. The molecule has 112 valence electrons. The number of ether oxygens (including phenoxy) is 2. The van der Waals surface area contributed by atoms with Crippen LogP contribution in [0.1, 0.15) is 38.3 Å². The van der Waals surface area contributed by atoms with Crippen molar-refractivity contribution in [2.45, 2.75) is 38.3 Å². The largest absolute Gasteiger partial charge is 0.497 e. The molecule has 2 rings (SSSR count). The average molecular weight is 285 g/mol. The van der Waals surface area contributed by atoms with E-state index in [4.69, 9.17) is 9.47 Å². The van der Waals surface area contributed by atoms with Gasteiger partial charge in [0, 0.05) is 24.3 Å². The third-order valence-corrected chi connectivity index (χ3v) is 3.85. The first kappa shape index (κ1) is 15.2. The molecule has 0 radical (unpaired) electrons. The van der Waals surface area contributed by atoms with Crippen LogP contribution in [0.15, 0.2) is 12.1 Å². The molecule has 1 saturated heterocycles. The normalized spacial score (nSPS) is 23.9. The van der Waals surface area contributed by atoms with Gasteiger partial charge in [-0.25, -0.2) is 8.78 Å². The predicted octanol–water partition coefficient (Wildman–Crippen LogP) is 3.19. The number of hydrogen-bond acceptors (Lipinski definition) is 3. The molecule has 1 fully saturated rings. The smallest absolute Gasteiger partial charge is 0.134 e. The second kappa shape index (κ2) is 6.06. The van der Waals surface area contributed by atoms with Gasteiger partial charge in [-0.1, -0.05) is 6.92 Å². The standard InChI is InChI=1S/C15H21F2NO2/c1-4-18-14(15(2)6-5-7-20-15)13-11(16)8-10(19-3)9-12(13)17/h8-9,14,18H,4-7H2,1-3H3. The van der Waals surface area contributed by atoms with E-state index in [1.807, 2.05) is 13.8 Å². The number of rotatable bonds is 5. The van der Waals surface area contributed by atoms with Crippen molar-refractivity contribution in [1.29, 1.82) is 0 Å². The number of hydrogen-bond donors (Lipinski definition) is 1. The molecular formula is C15H21F2NO2. The van der Waals surface area contributed by atoms with Gasteiger partial charge in [-0.15, -0.1) is 0 Å². The molecule has 1 N–H and O–H groups in total. The zero-order chi connectivity index (χ0) is 14.8. The summed E-state index contributed by atoms with van der Waals surface area (Å²) >= 11 is 0. The minimum atomic E-state index is -0.607. The summed E-state index contributed by atoms with van der Waals surface area (Å²) in [5.74, 6) is -1.04. The molecule has 0 aromatic heterocycles. The van der Waals surface area contributed by atoms with Gasteiger partial charge in [-0.2, -0.15) is 0 Å². The zero-order valence-corrected chi connectivity index (χ0v) is 12.1. The SMILES string of the molecule is CCNC(c1c(F)cc(OC)cc1F)C1(C)CCCO1.